The van der Waals surface area contributed by atoms with Gasteiger partial charge in [-0.15, -0.1) is 0 Å². The van der Waals surface area contributed by atoms with Gasteiger partial charge in [-0.05, 0) is 17.9 Å². The summed E-state index contributed by atoms with van der Waals surface area (Å²) in [4.78, 5) is 42.6. The van der Waals surface area contributed by atoms with Gasteiger partial charge < -0.3 is 15.1 Å². The average molecular weight is 480 g/mol. The minimum atomic E-state index is -4.40. The van der Waals surface area contributed by atoms with Crippen molar-refractivity contribution in [3.05, 3.63) is 39.9 Å². The summed E-state index contributed by atoms with van der Waals surface area (Å²) in [7, 11) is -8.57. The lowest BCUT2D eigenvalue weighted by atomic mass is 10.1. The molecule has 0 heterocycles. The molecule has 0 aromatic heterocycles. The van der Waals surface area contributed by atoms with Gasteiger partial charge >= 0.3 is 11.9 Å². The van der Waals surface area contributed by atoms with E-state index in [1.165, 1.54) is 26.0 Å². The van der Waals surface area contributed by atoms with Crippen molar-refractivity contribution < 1.29 is 42.6 Å². The average Bonchev–Trinajstić information content (AvgIpc) is 2.62. The number of non-ortho nitro benzene ring substituents is 1. The molecule has 0 aliphatic heterocycles. The first-order valence-corrected chi connectivity index (χ1v) is 12.7. The zero-order valence-corrected chi connectivity index (χ0v) is 18.6. The molecule has 0 saturated heterocycles. The summed E-state index contributed by atoms with van der Waals surface area (Å²) in [5.74, 6) is -6.95. The fourth-order valence-electron chi connectivity index (χ4n) is 2.86. The van der Waals surface area contributed by atoms with Crippen LogP contribution in [0.15, 0.2) is 24.3 Å². The molecule has 1 aromatic rings. The number of nitro benzene ring substituents is 1. The first-order valence-electron chi connectivity index (χ1n) is 9.14. The Morgan fingerprint density at radius 1 is 1.19 bits per heavy atom. The Morgan fingerprint density at radius 2 is 1.74 bits per heavy atom. The third-order valence-corrected chi connectivity index (χ3v) is 8.47. The van der Waals surface area contributed by atoms with Gasteiger partial charge in [-0.1, -0.05) is 26.0 Å². The Labute approximate surface area is 178 Å². The van der Waals surface area contributed by atoms with E-state index in [1.54, 1.807) is 0 Å². The van der Waals surface area contributed by atoms with Crippen molar-refractivity contribution in [3.8, 4) is 0 Å². The number of aliphatic carboxylic acids is 2. The molecule has 31 heavy (non-hydrogen) atoms. The predicted molar refractivity (Wildman–Crippen MR) is 110 cm³/mol. The maximum atomic E-state index is 12.9. The number of nitrogens with zero attached hydrogens (tertiary/aromatic N) is 1. The lowest BCUT2D eigenvalue weighted by Crippen LogP contribution is -2.40. The summed E-state index contributed by atoms with van der Waals surface area (Å²) in [5.41, 5.74) is -0.0201. The predicted octanol–water partition coefficient (Wildman–Crippen LogP) is 1.83. The van der Waals surface area contributed by atoms with Crippen LogP contribution >= 0.6 is 7.37 Å². The van der Waals surface area contributed by atoms with E-state index in [0.29, 0.717) is 0 Å². The number of hydrogen-bond donors (Lipinski definition) is 4. The molecule has 3 unspecified atom stereocenters. The fourth-order valence-corrected chi connectivity index (χ4v) is 7.49. The minimum absolute atomic E-state index is 0.207. The smallest absolute Gasteiger partial charge is 0.307 e. The van der Waals surface area contributed by atoms with Gasteiger partial charge in [0.1, 0.15) is 5.78 Å². The second-order valence-electron chi connectivity index (χ2n) is 7.40. The molecule has 0 aliphatic carbocycles. The Morgan fingerprint density at radius 3 is 2.16 bits per heavy atom. The van der Waals surface area contributed by atoms with Gasteiger partial charge in [-0.2, -0.15) is 0 Å². The second kappa shape index (κ2) is 10.8. The van der Waals surface area contributed by atoms with E-state index < -0.39 is 70.2 Å². The van der Waals surface area contributed by atoms with Crippen molar-refractivity contribution in [2.45, 2.75) is 38.2 Å². The van der Waals surface area contributed by atoms with Gasteiger partial charge in [0.25, 0.3) is 5.69 Å². The molecule has 0 aliphatic rings. The highest BCUT2D eigenvalue weighted by atomic mass is 32.2. The zero-order valence-electron chi connectivity index (χ0n) is 16.9. The summed E-state index contributed by atoms with van der Waals surface area (Å²) in [6.45, 7) is 2.96. The summed E-state index contributed by atoms with van der Waals surface area (Å²) in [5, 5.41) is 28.7. The summed E-state index contributed by atoms with van der Waals surface area (Å²) >= 11 is 0. The monoisotopic (exact) mass is 480 g/mol. The number of carbonyl (C=O) groups is 2. The van der Waals surface area contributed by atoms with E-state index in [9.17, 15) is 42.7 Å². The van der Waals surface area contributed by atoms with Crippen LogP contribution < -0.4 is 4.72 Å². The van der Waals surface area contributed by atoms with Crippen molar-refractivity contribution in [2.75, 3.05) is 6.16 Å². The third-order valence-electron chi connectivity index (χ3n) is 4.41. The van der Waals surface area contributed by atoms with Gasteiger partial charge in [0.2, 0.25) is 17.4 Å². The molecule has 3 atom stereocenters. The van der Waals surface area contributed by atoms with Crippen LogP contribution in [0.4, 0.5) is 5.69 Å². The molecule has 0 saturated carbocycles. The van der Waals surface area contributed by atoms with Gasteiger partial charge in [0.15, 0.2) is 0 Å². The molecule has 0 amide bonds. The van der Waals surface area contributed by atoms with Crippen LogP contribution in [0.5, 0.6) is 0 Å². The SMILES string of the molecule is CC(C)C(NS(=O)(=O)Cc1ccc([N+](=O)[O-])cc1)P(=O)(O)CC(CCC(=O)O)C(=O)O. The van der Waals surface area contributed by atoms with Crippen molar-refractivity contribution in [1.29, 1.82) is 0 Å². The van der Waals surface area contributed by atoms with E-state index >= 15 is 0 Å². The van der Waals surface area contributed by atoms with Crippen LogP contribution in [-0.2, 0) is 29.9 Å². The van der Waals surface area contributed by atoms with Crippen LogP contribution in [0.25, 0.3) is 0 Å². The number of sulfonamides is 1. The van der Waals surface area contributed by atoms with E-state index in [2.05, 4.69) is 4.72 Å². The topological polar surface area (TPSA) is 201 Å². The van der Waals surface area contributed by atoms with Crippen LogP contribution in [-0.4, -0.2) is 52.3 Å². The lowest BCUT2D eigenvalue weighted by Gasteiger charge is -2.28. The maximum absolute atomic E-state index is 12.9. The number of carboxylic acids is 2. The van der Waals surface area contributed by atoms with Crippen LogP contribution in [0.3, 0.4) is 0 Å². The Bertz CT molecular complexity index is 962. The number of nitro groups is 1. The quantitative estimate of drug-likeness (QED) is 0.183. The van der Waals surface area contributed by atoms with Crippen molar-refractivity contribution in [3.63, 3.8) is 0 Å². The number of nitrogens with one attached hydrogen (secondary N) is 1. The summed E-state index contributed by atoms with van der Waals surface area (Å²) in [6.07, 6.45) is -1.69. The molecule has 12 nitrogen and oxygen atoms in total. The molecule has 0 spiro atoms. The summed E-state index contributed by atoms with van der Waals surface area (Å²) < 4.78 is 40.1. The number of rotatable bonds is 13. The molecule has 0 radical (unpaired) electrons. The number of hydrogen-bond acceptors (Lipinski definition) is 7. The standard InChI is InChI=1S/C17H25N2O10PS/c1-11(2)16(30(26,27)9-13(17(22)23)5-8-15(20)21)18-31(28,29)10-12-3-6-14(7-4-12)19(24)25/h3-4,6-7,11,13,16,18H,5,8-10H2,1-2H3,(H,20,21)(H,22,23)(H,26,27). The van der Waals surface area contributed by atoms with Crippen molar-refractivity contribution in [2.24, 2.45) is 11.8 Å². The molecular weight excluding hydrogens is 455 g/mol. The van der Waals surface area contributed by atoms with Gasteiger partial charge in [-0.3, -0.25) is 24.3 Å². The molecule has 1 rings (SSSR count). The Kier molecular flexibility index (Phi) is 9.30. The zero-order chi connectivity index (χ0) is 24.0. The largest absolute Gasteiger partial charge is 0.481 e. The van der Waals surface area contributed by atoms with E-state index in [-0.39, 0.29) is 17.7 Å². The minimum Gasteiger partial charge on any atom is -0.481 e. The fraction of sp³-hybridized carbons (Fsp3) is 0.529. The van der Waals surface area contributed by atoms with Gasteiger partial charge in [0.05, 0.1) is 16.6 Å². The van der Waals surface area contributed by atoms with E-state index in [4.69, 9.17) is 5.11 Å². The summed E-state index contributed by atoms with van der Waals surface area (Å²) in [6, 6.07) is 4.74. The second-order valence-corrected chi connectivity index (χ2v) is 11.6. The highest BCUT2D eigenvalue weighted by Gasteiger charge is 2.40. The lowest BCUT2D eigenvalue weighted by molar-refractivity contribution is -0.384. The van der Waals surface area contributed by atoms with Crippen LogP contribution in [0, 0.1) is 22.0 Å². The number of benzene rings is 1. The molecule has 0 bridgehead atoms. The molecule has 14 heteroatoms. The molecule has 174 valence electrons. The highest BCUT2D eigenvalue weighted by Crippen LogP contribution is 2.50. The molecule has 4 N–H and O–H groups in total. The molecular formula is C17H25N2O10PS. The Balaban J connectivity index is 3.02. The maximum Gasteiger partial charge on any atom is 0.307 e. The Hall–Kier alpha value is -2.34. The van der Waals surface area contributed by atoms with Crippen LogP contribution in [0.1, 0.15) is 32.3 Å². The first-order chi connectivity index (χ1) is 14.1. The van der Waals surface area contributed by atoms with Crippen LogP contribution in [0.2, 0.25) is 0 Å². The van der Waals surface area contributed by atoms with Gasteiger partial charge in [0, 0.05) is 24.7 Å². The molecule has 1 aromatic carbocycles. The normalized spacial score (nSPS) is 15.7. The van der Waals surface area contributed by atoms with Crippen molar-refractivity contribution >= 4 is 35.0 Å². The highest BCUT2D eigenvalue weighted by molar-refractivity contribution is 7.89. The van der Waals surface area contributed by atoms with E-state index in [1.807, 2.05) is 0 Å². The number of carboxylic acid groups (broad SMARTS) is 2. The van der Waals surface area contributed by atoms with Gasteiger partial charge in [-0.25, -0.2) is 13.1 Å². The van der Waals surface area contributed by atoms with E-state index in [0.717, 1.165) is 12.1 Å². The van der Waals surface area contributed by atoms with Crippen molar-refractivity contribution in [1.82, 2.24) is 4.72 Å². The molecule has 0 fully saturated rings. The third kappa shape index (κ3) is 8.74. The first kappa shape index (κ1) is 26.7.